The minimum atomic E-state index is -4.10. The van der Waals surface area contributed by atoms with Crippen molar-refractivity contribution in [1.29, 1.82) is 0 Å². The van der Waals surface area contributed by atoms with Crippen molar-refractivity contribution >= 4 is 50.0 Å². The van der Waals surface area contributed by atoms with Crippen LogP contribution >= 0.6 is 0 Å². The smallest absolute Gasteiger partial charge is 0.357 e. The molecule has 3 heterocycles. The number of aromatic amines is 1. The maximum absolute atomic E-state index is 15.3. The summed E-state index contributed by atoms with van der Waals surface area (Å²) in [5, 5.41) is 8.35. The number of hydrogen-bond acceptors (Lipinski definition) is 12. The molecule has 14 nitrogen and oxygen atoms in total. The molecular weight excluding hydrogens is 681 g/mol. The van der Waals surface area contributed by atoms with E-state index in [1.54, 1.807) is 66.4 Å². The summed E-state index contributed by atoms with van der Waals surface area (Å²) in [5.41, 5.74) is 9.53. The topological polar surface area (TPSA) is 184 Å². The summed E-state index contributed by atoms with van der Waals surface area (Å²) in [6.45, 7) is 2.44. The summed E-state index contributed by atoms with van der Waals surface area (Å²) < 4.78 is 57.6. The summed E-state index contributed by atoms with van der Waals surface area (Å²) in [5.74, 6) is -0.329. The van der Waals surface area contributed by atoms with Gasteiger partial charge in [0.15, 0.2) is 23.1 Å². The van der Waals surface area contributed by atoms with Crippen LogP contribution in [0.2, 0.25) is 0 Å². The number of nitrogens with zero attached hydrogens (tertiary/aromatic N) is 4. The number of H-pyrrole nitrogens is 1. The predicted octanol–water partition coefficient (Wildman–Crippen LogP) is 5.27. The molecule has 1 aliphatic heterocycles. The van der Waals surface area contributed by atoms with Crippen LogP contribution in [0, 0.1) is 12.7 Å². The van der Waals surface area contributed by atoms with E-state index in [0.29, 0.717) is 70.6 Å². The number of ether oxygens (including phenoxy) is 3. The Balaban J connectivity index is 1.15. The van der Waals surface area contributed by atoms with Gasteiger partial charge in [0.2, 0.25) is 5.95 Å². The molecule has 0 amide bonds. The van der Waals surface area contributed by atoms with Crippen LogP contribution in [0.5, 0.6) is 17.2 Å². The number of benzene rings is 4. The molecule has 0 spiro atoms. The van der Waals surface area contributed by atoms with Crippen molar-refractivity contribution in [3.8, 4) is 17.2 Å². The molecule has 0 aliphatic carbocycles. The fourth-order valence-corrected chi connectivity index (χ4v) is 6.71. The molecule has 0 bridgehead atoms. The molecule has 16 heteroatoms. The quantitative estimate of drug-likeness (QED) is 0.157. The van der Waals surface area contributed by atoms with Crippen LogP contribution in [0.3, 0.4) is 0 Å². The lowest BCUT2D eigenvalue weighted by Gasteiger charge is -2.26. The third kappa shape index (κ3) is 6.69. The van der Waals surface area contributed by atoms with Gasteiger partial charge in [-0.15, -0.1) is 0 Å². The number of rotatable bonds is 10. The number of carbonyl (C=O) groups is 1. The van der Waals surface area contributed by atoms with E-state index < -0.39 is 21.8 Å². The minimum absolute atomic E-state index is 0.00835. The van der Waals surface area contributed by atoms with Gasteiger partial charge in [-0.3, -0.25) is 10.00 Å². The molecule has 4 aromatic carbocycles. The van der Waals surface area contributed by atoms with Gasteiger partial charge in [-0.05, 0) is 65.9 Å². The third-order valence-electron chi connectivity index (χ3n) is 8.13. The Morgan fingerprint density at radius 3 is 2.59 bits per heavy atom. The molecule has 0 saturated heterocycles. The average Bonchev–Trinajstić information content (AvgIpc) is 3.54. The number of hydrogen-bond donors (Lipinski definition) is 3. The number of halogens is 1. The highest BCUT2D eigenvalue weighted by molar-refractivity contribution is 7.89. The van der Waals surface area contributed by atoms with Gasteiger partial charge in [0.25, 0.3) is 10.0 Å². The lowest BCUT2D eigenvalue weighted by atomic mass is 10.0. The molecule has 260 valence electrons. The van der Waals surface area contributed by atoms with Crippen molar-refractivity contribution < 1.29 is 36.7 Å². The molecule has 0 unspecified atom stereocenters. The Kier molecular flexibility index (Phi) is 8.84. The summed E-state index contributed by atoms with van der Waals surface area (Å²) in [6, 6.07) is 21.6. The second kappa shape index (κ2) is 13.6. The monoisotopic (exact) mass is 711 g/mol. The average molecular weight is 712 g/mol. The molecule has 0 fully saturated rings. The van der Waals surface area contributed by atoms with Gasteiger partial charge in [0, 0.05) is 29.1 Å². The number of fused-ring (bicyclic) bond motifs is 2. The van der Waals surface area contributed by atoms with Gasteiger partial charge in [0.05, 0.1) is 40.7 Å². The molecule has 4 N–H and O–H groups in total. The lowest BCUT2D eigenvalue weighted by Crippen LogP contribution is -2.28. The highest BCUT2D eigenvalue weighted by Crippen LogP contribution is 2.41. The van der Waals surface area contributed by atoms with E-state index in [4.69, 9.17) is 24.8 Å². The van der Waals surface area contributed by atoms with Crippen LogP contribution in [0.1, 0.15) is 27.2 Å². The second-order valence-corrected chi connectivity index (χ2v) is 13.0. The number of nitrogens with one attached hydrogen (secondary N) is 2. The van der Waals surface area contributed by atoms with E-state index in [1.807, 2.05) is 11.0 Å². The molecule has 51 heavy (non-hydrogen) atoms. The number of aryl methyl sites for hydroxylation is 1. The van der Waals surface area contributed by atoms with Gasteiger partial charge >= 0.3 is 5.97 Å². The zero-order chi connectivity index (χ0) is 35.7. The first kappa shape index (κ1) is 33.2. The maximum atomic E-state index is 15.3. The number of methoxy groups -OCH3 is 1. The van der Waals surface area contributed by atoms with Crippen molar-refractivity contribution in [2.24, 2.45) is 0 Å². The molecular formula is C35H30FN7O7S. The van der Waals surface area contributed by atoms with Gasteiger partial charge < -0.3 is 24.8 Å². The number of sulfonamides is 1. The normalized spacial score (nSPS) is 12.5. The van der Waals surface area contributed by atoms with Crippen LogP contribution in [-0.4, -0.2) is 54.9 Å². The number of carbonyl (C=O) groups excluding carboxylic acids is 1. The second-order valence-electron chi connectivity index (χ2n) is 11.4. The lowest BCUT2D eigenvalue weighted by molar-refractivity contribution is 0.0407. The summed E-state index contributed by atoms with van der Waals surface area (Å²) in [7, 11) is -2.65. The van der Waals surface area contributed by atoms with Crippen molar-refractivity contribution in [1.82, 2.24) is 25.1 Å². The van der Waals surface area contributed by atoms with Crippen LogP contribution in [0.25, 0.3) is 10.9 Å². The van der Waals surface area contributed by atoms with Crippen LogP contribution in [-0.2, 0) is 21.3 Å². The molecule has 0 radical (unpaired) electrons. The molecule has 7 rings (SSSR count). The molecule has 6 aromatic rings. The summed E-state index contributed by atoms with van der Waals surface area (Å²) in [6.07, 6.45) is 1.32. The van der Waals surface area contributed by atoms with Crippen molar-refractivity contribution in [3.05, 3.63) is 113 Å². The van der Waals surface area contributed by atoms with E-state index in [9.17, 15) is 13.2 Å². The van der Waals surface area contributed by atoms with E-state index in [0.717, 1.165) is 11.6 Å². The molecule has 0 atom stereocenters. The number of aromatic nitrogens is 4. The fraction of sp³-hybridized carbons (Fsp3) is 0.143. The van der Waals surface area contributed by atoms with Gasteiger partial charge in [0.1, 0.15) is 19.0 Å². The largest absolute Gasteiger partial charge is 0.496 e. The standard InChI is InChI=1S/C35H30FN7O7S/c1-20-5-3-4-6-32(20)51(45,46)42-50-34(44)22-8-7-21(30(16-22)47-2)15-27-25-11-9-23(17-28(25)41-40-27)43(33-26(36)19-38-35(37)39-33)24-10-12-29-31(18-24)49-14-13-48-29/h3-12,16-19,42H,13-15H2,1-2H3,(H,40,41)(H2,37,38,39). The van der Waals surface area contributed by atoms with Gasteiger partial charge in [-0.2, -0.15) is 10.1 Å². The van der Waals surface area contributed by atoms with Gasteiger partial charge in [-0.25, -0.2) is 22.6 Å². The Labute approximate surface area is 291 Å². The Hall–Kier alpha value is -6.26. The molecule has 0 saturated carbocycles. The van der Waals surface area contributed by atoms with Crippen molar-refractivity contribution in [2.75, 3.05) is 31.0 Å². The SMILES string of the molecule is COc1cc(C(=O)ONS(=O)(=O)c2ccccc2C)ccc1Cc1n[nH]c2cc(N(c3ccc4c(c3)OCCO4)c3nc(N)ncc3F)ccc12. The zero-order valence-electron chi connectivity index (χ0n) is 27.2. The molecule has 2 aromatic heterocycles. The van der Waals surface area contributed by atoms with Crippen LogP contribution in [0.15, 0.2) is 90.0 Å². The van der Waals surface area contributed by atoms with Crippen molar-refractivity contribution in [2.45, 2.75) is 18.2 Å². The third-order valence-corrected chi connectivity index (χ3v) is 9.47. The Morgan fingerprint density at radius 2 is 1.78 bits per heavy atom. The highest BCUT2D eigenvalue weighted by Gasteiger charge is 2.24. The van der Waals surface area contributed by atoms with E-state index in [2.05, 4.69) is 20.2 Å². The van der Waals surface area contributed by atoms with Gasteiger partial charge in [-0.1, -0.05) is 24.3 Å². The number of nitrogen functional groups attached to an aromatic ring is 1. The first-order valence-corrected chi connectivity index (χ1v) is 17.0. The van der Waals surface area contributed by atoms with Crippen LogP contribution < -0.4 is 29.7 Å². The van der Waals surface area contributed by atoms with Crippen molar-refractivity contribution in [3.63, 3.8) is 0 Å². The Morgan fingerprint density at radius 1 is 1.02 bits per heavy atom. The highest BCUT2D eigenvalue weighted by atomic mass is 32.2. The fourth-order valence-electron chi connectivity index (χ4n) is 5.68. The minimum Gasteiger partial charge on any atom is -0.496 e. The first-order chi connectivity index (χ1) is 24.6. The predicted molar refractivity (Wildman–Crippen MR) is 184 cm³/mol. The summed E-state index contributed by atoms with van der Waals surface area (Å²) in [4.78, 5) is 29.2. The maximum Gasteiger partial charge on any atom is 0.357 e. The van der Waals surface area contributed by atoms with E-state index in [1.165, 1.54) is 25.3 Å². The zero-order valence-corrected chi connectivity index (χ0v) is 28.0. The summed E-state index contributed by atoms with van der Waals surface area (Å²) >= 11 is 0. The number of nitrogens with two attached hydrogens (primary N) is 1. The van der Waals surface area contributed by atoms with E-state index >= 15 is 4.39 Å². The molecule has 1 aliphatic rings. The first-order valence-electron chi connectivity index (χ1n) is 15.5. The Bertz CT molecular complexity index is 2400. The number of anilines is 4. The van der Waals surface area contributed by atoms with Crippen LogP contribution in [0.4, 0.5) is 27.5 Å². The van der Waals surface area contributed by atoms with E-state index in [-0.39, 0.29) is 22.2 Å².